The van der Waals surface area contributed by atoms with Crippen molar-refractivity contribution in [3.63, 3.8) is 0 Å². The van der Waals surface area contributed by atoms with Crippen molar-refractivity contribution in [3.8, 4) is 5.75 Å². The minimum Gasteiger partial charge on any atom is -0.507 e. The summed E-state index contributed by atoms with van der Waals surface area (Å²) in [6.07, 6.45) is 3.18. The lowest BCUT2D eigenvalue weighted by Crippen LogP contribution is -2.29. The van der Waals surface area contributed by atoms with Gasteiger partial charge in [0.2, 0.25) is 0 Å². The predicted octanol–water partition coefficient (Wildman–Crippen LogP) is 5.70. The van der Waals surface area contributed by atoms with Crippen molar-refractivity contribution in [3.05, 3.63) is 94.3 Å². The molecule has 0 radical (unpaired) electrons. The maximum atomic E-state index is 13.2. The highest BCUT2D eigenvalue weighted by atomic mass is 35.5. The zero-order valence-electron chi connectivity index (χ0n) is 19.2. The molecule has 3 aromatic rings. The number of aromatic nitrogens is 1. The number of hydrogen-bond donors (Lipinski definition) is 1. The van der Waals surface area contributed by atoms with E-state index >= 15 is 0 Å². The first-order chi connectivity index (χ1) is 16.3. The molecule has 6 nitrogen and oxygen atoms in total. The second-order valence-corrected chi connectivity index (χ2v) is 9.03. The number of rotatable bonds is 6. The molecular weight excluding hydrogens is 452 g/mol. The minimum atomic E-state index is -0.868. The summed E-state index contributed by atoms with van der Waals surface area (Å²) in [7, 11) is 0. The number of pyridine rings is 1. The monoisotopic (exact) mass is 476 g/mol. The molecule has 0 bridgehead atoms. The average Bonchev–Trinajstić information content (AvgIpc) is 3.10. The molecule has 174 valence electrons. The zero-order chi connectivity index (χ0) is 24.4. The van der Waals surface area contributed by atoms with Gasteiger partial charge in [-0.3, -0.25) is 19.5 Å². The number of aliphatic hydroxyl groups excluding tert-OH is 1. The van der Waals surface area contributed by atoms with Crippen molar-refractivity contribution in [2.75, 3.05) is 11.5 Å². The van der Waals surface area contributed by atoms with Crippen LogP contribution in [0.3, 0.4) is 0 Å². The van der Waals surface area contributed by atoms with Crippen LogP contribution in [-0.2, 0) is 9.59 Å². The lowest BCUT2D eigenvalue weighted by molar-refractivity contribution is -0.132. The topological polar surface area (TPSA) is 79.7 Å². The molecule has 1 aliphatic rings. The van der Waals surface area contributed by atoms with Crippen molar-refractivity contribution < 1.29 is 19.4 Å². The van der Waals surface area contributed by atoms with Crippen molar-refractivity contribution in [2.24, 2.45) is 5.92 Å². The van der Waals surface area contributed by atoms with Crippen molar-refractivity contribution in [1.29, 1.82) is 0 Å². The van der Waals surface area contributed by atoms with Crippen molar-refractivity contribution in [2.45, 2.75) is 26.8 Å². The number of aliphatic hydroxyl groups is 1. The zero-order valence-corrected chi connectivity index (χ0v) is 19.9. The Kier molecular flexibility index (Phi) is 6.70. The van der Waals surface area contributed by atoms with E-state index in [4.69, 9.17) is 16.3 Å². The molecule has 4 rings (SSSR count). The number of nitrogens with zero attached hydrogens (tertiary/aromatic N) is 2. The van der Waals surface area contributed by atoms with Crippen LogP contribution in [0.5, 0.6) is 5.75 Å². The number of Topliss-reactive ketones (excluding diaryl/α,β-unsaturated/α-hetero) is 1. The van der Waals surface area contributed by atoms with Gasteiger partial charge < -0.3 is 9.84 Å². The normalized spacial score (nSPS) is 17.4. The highest BCUT2D eigenvalue weighted by Gasteiger charge is 2.47. The van der Waals surface area contributed by atoms with Crippen LogP contribution in [0.1, 0.15) is 36.6 Å². The molecule has 1 aromatic heterocycles. The van der Waals surface area contributed by atoms with Gasteiger partial charge in [0.05, 0.1) is 18.2 Å². The molecule has 1 fully saturated rings. The number of halogens is 1. The molecule has 7 heteroatoms. The molecule has 0 aliphatic carbocycles. The summed E-state index contributed by atoms with van der Waals surface area (Å²) in [6, 6.07) is 14.6. The average molecular weight is 477 g/mol. The molecule has 1 aliphatic heterocycles. The Balaban J connectivity index is 1.86. The van der Waals surface area contributed by atoms with Crippen LogP contribution in [0.2, 0.25) is 5.02 Å². The Bertz CT molecular complexity index is 1270. The summed E-state index contributed by atoms with van der Waals surface area (Å²) in [6.45, 7) is 6.44. The number of carbonyl (C=O) groups is 2. The Morgan fingerprint density at radius 2 is 1.94 bits per heavy atom. The first-order valence-electron chi connectivity index (χ1n) is 11.0. The number of ketones is 1. The second-order valence-electron chi connectivity index (χ2n) is 8.62. The maximum Gasteiger partial charge on any atom is 0.300 e. The Hall–Kier alpha value is -3.64. The van der Waals surface area contributed by atoms with Gasteiger partial charge in [0.15, 0.2) is 0 Å². The minimum absolute atomic E-state index is 0.0179. The third-order valence-electron chi connectivity index (χ3n) is 5.57. The third kappa shape index (κ3) is 4.54. The number of ether oxygens (including phenoxy) is 1. The summed E-state index contributed by atoms with van der Waals surface area (Å²) < 4.78 is 5.77. The van der Waals surface area contributed by atoms with E-state index in [0.29, 0.717) is 40.1 Å². The number of amides is 1. The van der Waals surface area contributed by atoms with Gasteiger partial charge in [-0.15, -0.1) is 0 Å². The summed E-state index contributed by atoms with van der Waals surface area (Å²) >= 11 is 6.32. The van der Waals surface area contributed by atoms with Crippen LogP contribution < -0.4 is 9.64 Å². The fourth-order valence-corrected chi connectivity index (χ4v) is 4.01. The van der Waals surface area contributed by atoms with Gasteiger partial charge in [0, 0.05) is 28.7 Å². The third-order valence-corrected chi connectivity index (χ3v) is 5.98. The molecule has 0 spiro atoms. The molecular formula is C27H25ClN2O4. The maximum absolute atomic E-state index is 13.2. The van der Waals surface area contributed by atoms with Gasteiger partial charge in [-0.05, 0) is 54.3 Å². The fourth-order valence-electron chi connectivity index (χ4n) is 3.84. The smallest absolute Gasteiger partial charge is 0.300 e. The summed E-state index contributed by atoms with van der Waals surface area (Å²) in [5, 5.41) is 11.8. The standard InChI is InChI=1S/C27H25ClN2O4/c1-16(2)15-34-21-8-4-6-18(12-21)25(31)23-24(19-7-5-11-29-14-19)30(27(33)26(23)32)20-10-9-17(3)22(28)13-20/h4-14,16,24,31H,15H2,1-3H3/b25-23+. The fraction of sp³-hybridized carbons (Fsp3) is 0.222. The Labute approximate surface area is 203 Å². The van der Waals surface area contributed by atoms with Crippen LogP contribution in [0.25, 0.3) is 5.76 Å². The number of benzene rings is 2. The van der Waals surface area contributed by atoms with E-state index in [9.17, 15) is 14.7 Å². The molecule has 34 heavy (non-hydrogen) atoms. The van der Waals surface area contributed by atoms with Crippen LogP contribution in [0.15, 0.2) is 72.6 Å². The molecule has 2 aromatic carbocycles. The van der Waals surface area contributed by atoms with E-state index in [1.54, 1.807) is 67.0 Å². The first-order valence-corrected chi connectivity index (χ1v) is 11.4. The highest BCUT2D eigenvalue weighted by molar-refractivity contribution is 6.51. The van der Waals surface area contributed by atoms with Crippen LogP contribution in [0, 0.1) is 12.8 Å². The van der Waals surface area contributed by atoms with E-state index in [1.165, 1.54) is 4.90 Å². The van der Waals surface area contributed by atoms with Gasteiger partial charge in [-0.2, -0.15) is 0 Å². The van der Waals surface area contributed by atoms with E-state index in [1.807, 2.05) is 20.8 Å². The molecule has 2 heterocycles. The van der Waals surface area contributed by atoms with Gasteiger partial charge >= 0.3 is 0 Å². The van der Waals surface area contributed by atoms with E-state index in [-0.39, 0.29) is 11.3 Å². The van der Waals surface area contributed by atoms with Crippen LogP contribution in [-0.4, -0.2) is 28.4 Å². The van der Waals surface area contributed by atoms with Crippen molar-refractivity contribution >= 4 is 34.7 Å². The van der Waals surface area contributed by atoms with Gasteiger partial charge in [-0.25, -0.2) is 0 Å². The lowest BCUT2D eigenvalue weighted by Gasteiger charge is -2.25. The first kappa shape index (κ1) is 23.5. The van der Waals surface area contributed by atoms with Gasteiger partial charge in [0.1, 0.15) is 11.5 Å². The second kappa shape index (κ2) is 9.69. The number of carbonyl (C=O) groups excluding carboxylic acids is 2. The van der Waals surface area contributed by atoms with Gasteiger partial charge in [0.25, 0.3) is 11.7 Å². The molecule has 1 saturated heterocycles. The molecule has 1 atom stereocenters. The van der Waals surface area contributed by atoms with Crippen LogP contribution in [0.4, 0.5) is 5.69 Å². The van der Waals surface area contributed by atoms with E-state index in [0.717, 1.165) is 5.56 Å². The van der Waals surface area contributed by atoms with Crippen molar-refractivity contribution in [1.82, 2.24) is 4.98 Å². The van der Waals surface area contributed by atoms with Crippen LogP contribution >= 0.6 is 11.6 Å². The summed E-state index contributed by atoms with van der Waals surface area (Å²) in [5.41, 5.74) is 2.26. The SMILES string of the molecule is Cc1ccc(N2C(=O)C(=O)/C(=C(/O)c3cccc(OCC(C)C)c3)C2c2cccnc2)cc1Cl. The van der Waals surface area contributed by atoms with E-state index in [2.05, 4.69) is 4.98 Å². The van der Waals surface area contributed by atoms with E-state index < -0.39 is 17.7 Å². The molecule has 1 unspecified atom stereocenters. The molecule has 1 N–H and O–H groups in total. The Morgan fingerprint density at radius 3 is 2.62 bits per heavy atom. The number of anilines is 1. The molecule has 1 amide bonds. The number of aryl methyl sites for hydroxylation is 1. The largest absolute Gasteiger partial charge is 0.507 e. The van der Waals surface area contributed by atoms with Gasteiger partial charge in [-0.1, -0.05) is 49.7 Å². The number of hydrogen-bond acceptors (Lipinski definition) is 5. The quantitative estimate of drug-likeness (QED) is 0.280. The highest BCUT2D eigenvalue weighted by Crippen LogP contribution is 2.42. The lowest BCUT2D eigenvalue weighted by atomic mass is 9.96. The predicted molar refractivity (Wildman–Crippen MR) is 132 cm³/mol. The summed E-state index contributed by atoms with van der Waals surface area (Å²) in [4.78, 5) is 32.0. The summed E-state index contributed by atoms with van der Waals surface area (Å²) in [5.74, 6) is -0.910. The molecule has 0 saturated carbocycles. The Morgan fingerprint density at radius 1 is 1.15 bits per heavy atom.